The zero-order valence-corrected chi connectivity index (χ0v) is 12.6. The van der Waals surface area contributed by atoms with Crippen LogP contribution in [0.2, 0.25) is 5.02 Å². The van der Waals surface area contributed by atoms with Crippen LogP contribution in [0.3, 0.4) is 0 Å². The summed E-state index contributed by atoms with van der Waals surface area (Å²) in [5.74, 6) is 0.654. The molecule has 1 aromatic heterocycles. The number of unbranched alkanes of at least 4 members (excludes halogenated alkanes) is 2. The summed E-state index contributed by atoms with van der Waals surface area (Å²) >= 11 is 5.95. The third kappa shape index (κ3) is 3.58. The SMILES string of the molecule is CCCCCNC(C)c1nc2cc(Cl)ccc2c(=O)[nH]1. The number of nitrogens with zero attached hydrogens (tertiary/aromatic N) is 1. The molecule has 5 heteroatoms. The van der Waals surface area contributed by atoms with Crippen LogP contribution in [0, 0.1) is 0 Å². The summed E-state index contributed by atoms with van der Waals surface area (Å²) in [5, 5.41) is 4.53. The molecule has 0 bridgehead atoms. The summed E-state index contributed by atoms with van der Waals surface area (Å²) in [7, 11) is 0. The number of aromatic amines is 1. The molecule has 1 atom stereocenters. The van der Waals surface area contributed by atoms with E-state index in [2.05, 4.69) is 22.2 Å². The molecule has 0 aliphatic carbocycles. The van der Waals surface area contributed by atoms with Gasteiger partial charge in [-0.05, 0) is 38.1 Å². The summed E-state index contributed by atoms with van der Waals surface area (Å²) in [6.45, 7) is 5.10. The standard InChI is InChI=1S/C15H20ClN3O/c1-3-4-5-8-17-10(2)14-18-13-9-11(16)6-7-12(13)15(20)19-14/h6-7,9-10,17H,3-5,8H2,1-2H3,(H,18,19,20). The minimum absolute atomic E-state index is 0.0166. The molecule has 1 unspecified atom stereocenters. The predicted molar refractivity (Wildman–Crippen MR) is 83.3 cm³/mol. The van der Waals surface area contributed by atoms with Crippen LogP contribution >= 0.6 is 11.6 Å². The maximum atomic E-state index is 12.0. The summed E-state index contributed by atoms with van der Waals surface area (Å²) in [4.78, 5) is 19.4. The van der Waals surface area contributed by atoms with Crippen molar-refractivity contribution in [3.8, 4) is 0 Å². The van der Waals surface area contributed by atoms with Gasteiger partial charge in [0.1, 0.15) is 5.82 Å². The highest BCUT2D eigenvalue weighted by molar-refractivity contribution is 6.31. The average Bonchev–Trinajstić information content (AvgIpc) is 2.42. The number of aromatic nitrogens is 2. The zero-order valence-electron chi connectivity index (χ0n) is 11.9. The van der Waals surface area contributed by atoms with Crippen molar-refractivity contribution in [2.75, 3.05) is 6.54 Å². The number of hydrogen-bond donors (Lipinski definition) is 2. The van der Waals surface area contributed by atoms with E-state index in [4.69, 9.17) is 11.6 Å². The van der Waals surface area contributed by atoms with Gasteiger partial charge in [0, 0.05) is 5.02 Å². The molecule has 0 saturated heterocycles. The van der Waals surface area contributed by atoms with E-state index in [1.807, 2.05) is 6.92 Å². The van der Waals surface area contributed by atoms with Crippen LogP contribution < -0.4 is 10.9 Å². The number of benzene rings is 1. The van der Waals surface area contributed by atoms with Gasteiger partial charge in [-0.25, -0.2) is 4.98 Å². The molecule has 0 aliphatic heterocycles. The van der Waals surface area contributed by atoms with Gasteiger partial charge in [0.15, 0.2) is 0 Å². The van der Waals surface area contributed by atoms with E-state index >= 15 is 0 Å². The first-order valence-electron chi connectivity index (χ1n) is 7.04. The van der Waals surface area contributed by atoms with Crippen molar-refractivity contribution in [2.45, 2.75) is 39.2 Å². The molecule has 4 nitrogen and oxygen atoms in total. The molecule has 1 aromatic carbocycles. The fraction of sp³-hybridized carbons (Fsp3) is 0.467. The highest BCUT2D eigenvalue weighted by Crippen LogP contribution is 2.16. The van der Waals surface area contributed by atoms with Crippen LogP contribution in [-0.4, -0.2) is 16.5 Å². The molecule has 0 fully saturated rings. The first-order chi connectivity index (χ1) is 9.61. The lowest BCUT2D eigenvalue weighted by molar-refractivity contribution is 0.524. The Morgan fingerprint density at radius 2 is 2.20 bits per heavy atom. The minimum atomic E-state index is -0.121. The fourth-order valence-corrected chi connectivity index (χ4v) is 2.29. The molecule has 0 spiro atoms. The second kappa shape index (κ2) is 6.86. The lowest BCUT2D eigenvalue weighted by Crippen LogP contribution is -2.24. The Labute approximate surface area is 123 Å². The van der Waals surface area contributed by atoms with E-state index in [1.54, 1.807) is 18.2 Å². The number of fused-ring (bicyclic) bond motifs is 1. The molecule has 0 radical (unpaired) electrons. The molecule has 108 valence electrons. The Bertz CT molecular complexity index is 639. The summed E-state index contributed by atoms with van der Waals surface area (Å²) in [6, 6.07) is 5.14. The van der Waals surface area contributed by atoms with Crippen molar-refractivity contribution in [1.29, 1.82) is 0 Å². The molecule has 0 saturated carbocycles. The van der Waals surface area contributed by atoms with E-state index in [9.17, 15) is 4.79 Å². The van der Waals surface area contributed by atoms with Crippen LogP contribution in [0.25, 0.3) is 10.9 Å². The monoisotopic (exact) mass is 293 g/mol. The van der Waals surface area contributed by atoms with Crippen molar-refractivity contribution < 1.29 is 0 Å². The summed E-state index contributed by atoms with van der Waals surface area (Å²) < 4.78 is 0. The lowest BCUT2D eigenvalue weighted by atomic mass is 10.2. The maximum absolute atomic E-state index is 12.0. The van der Waals surface area contributed by atoms with Gasteiger partial charge in [0.25, 0.3) is 5.56 Å². The van der Waals surface area contributed by atoms with Crippen LogP contribution in [-0.2, 0) is 0 Å². The Morgan fingerprint density at radius 3 is 2.95 bits per heavy atom. The number of hydrogen-bond acceptors (Lipinski definition) is 3. The Balaban J connectivity index is 2.19. The molecule has 0 amide bonds. The highest BCUT2D eigenvalue weighted by atomic mass is 35.5. The van der Waals surface area contributed by atoms with Crippen LogP contribution in [0.4, 0.5) is 0 Å². The molecule has 1 heterocycles. The molecule has 2 aromatic rings. The van der Waals surface area contributed by atoms with Gasteiger partial charge in [-0.15, -0.1) is 0 Å². The average molecular weight is 294 g/mol. The summed E-state index contributed by atoms with van der Waals surface area (Å²) in [5.41, 5.74) is 0.516. The zero-order chi connectivity index (χ0) is 14.5. The van der Waals surface area contributed by atoms with E-state index in [1.165, 1.54) is 12.8 Å². The number of H-pyrrole nitrogens is 1. The second-order valence-electron chi connectivity index (χ2n) is 5.00. The van der Waals surface area contributed by atoms with E-state index in [-0.39, 0.29) is 11.6 Å². The first-order valence-corrected chi connectivity index (χ1v) is 7.42. The van der Waals surface area contributed by atoms with Crippen molar-refractivity contribution in [3.05, 3.63) is 39.4 Å². The second-order valence-corrected chi connectivity index (χ2v) is 5.43. The molecule has 2 N–H and O–H groups in total. The number of halogens is 1. The molecular weight excluding hydrogens is 274 g/mol. The van der Waals surface area contributed by atoms with Gasteiger partial charge in [0.05, 0.1) is 16.9 Å². The first kappa shape index (κ1) is 15.0. The van der Waals surface area contributed by atoms with Crippen molar-refractivity contribution in [1.82, 2.24) is 15.3 Å². The van der Waals surface area contributed by atoms with Gasteiger partial charge in [0.2, 0.25) is 0 Å². The summed E-state index contributed by atoms with van der Waals surface area (Å²) in [6.07, 6.45) is 3.53. The number of rotatable bonds is 6. The van der Waals surface area contributed by atoms with Gasteiger partial charge in [-0.3, -0.25) is 4.79 Å². The lowest BCUT2D eigenvalue weighted by Gasteiger charge is -2.13. The quantitative estimate of drug-likeness (QED) is 0.802. The molecular formula is C15H20ClN3O. The highest BCUT2D eigenvalue weighted by Gasteiger charge is 2.10. The van der Waals surface area contributed by atoms with E-state index in [0.717, 1.165) is 13.0 Å². The smallest absolute Gasteiger partial charge is 0.258 e. The largest absolute Gasteiger partial charge is 0.309 e. The molecule has 2 rings (SSSR count). The van der Waals surface area contributed by atoms with Crippen LogP contribution in [0.1, 0.15) is 45.0 Å². The Hall–Kier alpha value is -1.39. The Kier molecular flexibility index (Phi) is 5.15. The predicted octanol–water partition coefficient (Wildman–Crippen LogP) is 3.42. The third-order valence-corrected chi connectivity index (χ3v) is 3.56. The van der Waals surface area contributed by atoms with Gasteiger partial charge in [-0.2, -0.15) is 0 Å². The van der Waals surface area contributed by atoms with Gasteiger partial charge in [-0.1, -0.05) is 31.4 Å². The van der Waals surface area contributed by atoms with Gasteiger partial charge >= 0.3 is 0 Å². The maximum Gasteiger partial charge on any atom is 0.258 e. The third-order valence-electron chi connectivity index (χ3n) is 3.33. The molecule has 0 aliphatic rings. The minimum Gasteiger partial charge on any atom is -0.309 e. The normalized spacial score (nSPS) is 12.8. The van der Waals surface area contributed by atoms with E-state index in [0.29, 0.717) is 21.7 Å². The van der Waals surface area contributed by atoms with E-state index < -0.39 is 0 Å². The Morgan fingerprint density at radius 1 is 1.40 bits per heavy atom. The van der Waals surface area contributed by atoms with Gasteiger partial charge < -0.3 is 10.3 Å². The number of nitrogens with one attached hydrogen (secondary N) is 2. The van der Waals surface area contributed by atoms with Crippen molar-refractivity contribution in [2.24, 2.45) is 0 Å². The topological polar surface area (TPSA) is 57.8 Å². The van der Waals surface area contributed by atoms with Crippen molar-refractivity contribution >= 4 is 22.5 Å². The van der Waals surface area contributed by atoms with Crippen LogP contribution in [0.5, 0.6) is 0 Å². The fourth-order valence-electron chi connectivity index (χ4n) is 2.13. The van der Waals surface area contributed by atoms with Crippen molar-refractivity contribution in [3.63, 3.8) is 0 Å². The van der Waals surface area contributed by atoms with Crippen LogP contribution in [0.15, 0.2) is 23.0 Å². The molecule has 20 heavy (non-hydrogen) atoms.